The van der Waals surface area contributed by atoms with E-state index in [1.165, 1.54) is 0 Å². The van der Waals surface area contributed by atoms with Crippen molar-refractivity contribution < 1.29 is 4.74 Å². The summed E-state index contributed by atoms with van der Waals surface area (Å²) in [6, 6.07) is 2.10. The molecule has 4 nitrogen and oxygen atoms in total. The van der Waals surface area contributed by atoms with Gasteiger partial charge in [-0.2, -0.15) is 0 Å². The fraction of sp³-hybridized carbons (Fsp3) is 0.364. The van der Waals surface area contributed by atoms with Gasteiger partial charge < -0.3 is 4.74 Å². The topological polar surface area (TPSA) is 60.2 Å². The van der Waals surface area contributed by atoms with E-state index in [4.69, 9.17) is 10.6 Å². The van der Waals surface area contributed by atoms with Gasteiger partial charge in [0.05, 0.1) is 23.9 Å². The van der Waals surface area contributed by atoms with Crippen LogP contribution in [0, 0.1) is 6.92 Å². The fourth-order valence-corrected chi connectivity index (χ4v) is 3.12. The Kier molecular flexibility index (Phi) is 4.11. The van der Waals surface area contributed by atoms with Crippen LogP contribution in [0.4, 0.5) is 0 Å². The molecule has 0 aliphatic rings. The summed E-state index contributed by atoms with van der Waals surface area (Å²) in [6.07, 6.45) is 0.796. The van der Waals surface area contributed by atoms with Gasteiger partial charge >= 0.3 is 0 Å². The van der Waals surface area contributed by atoms with E-state index in [0.717, 1.165) is 27.7 Å². The molecule has 0 aliphatic heterocycles. The van der Waals surface area contributed by atoms with Crippen LogP contribution in [0.5, 0.6) is 5.75 Å². The molecule has 3 N–H and O–H groups in total. The van der Waals surface area contributed by atoms with Crippen LogP contribution in [0.25, 0.3) is 0 Å². The van der Waals surface area contributed by atoms with Crippen LogP contribution in [0.15, 0.2) is 16.8 Å². The molecule has 92 valence electrons. The molecular weight excluding hydrogens is 254 g/mol. The molecule has 1 unspecified atom stereocenters. The number of hydrazine groups is 1. The molecule has 2 aromatic rings. The minimum atomic E-state index is 0.0883. The third-order valence-corrected chi connectivity index (χ3v) is 4.30. The second kappa shape index (κ2) is 5.59. The third kappa shape index (κ3) is 3.04. The standard InChI is InChI=1S/C11H15N3OS2/c1-7-13-8(5-16-7)3-10(14-12)11-4-9(15-2)6-17-11/h4-6,10,14H,3,12H2,1-2H3. The molecule has 0 saturated carbocycles. The quantitative estimate of drug-likeness (QED) is 0.646. The Morgan fingerprint density at radius 1 is 1.47 bits per heavy atom. The molecule has 2 rings (SSSR count). The second-order valence-corrected chi connectivity index (χ2v) is 5.68. The SMILES string of the molecule is COc1csc(C(Cc2csc(C)n2)NN)c1. The van der Waals surface area contributed by atoms with E-state index in [-0.39, 0.29) is 6.04 Å². The smallest absolute Gasteiger partial charge is 0.129 e. The maximum atomic E-state index is 5.60. The number of nitrogens with zero attached hydrogens (tertiary/aromatic N) is 1. The van der Waals surface area contributed by atoms with Crippen molar-refractivity contribution >= 4 is 22.7 Å². The van der Waals surface area contributed by atoms with Crippen molar-refractivity contribution in [1.82, 2.24) is 10.4 Å². The Morgan fingerprint density at radius 3 is 2.82 bits per heavy atom. The van der Waals surface area contributed by atoms with Gasteiger partial charge in [0.2, 0.25) is 0 Å². The minimum Gasteiger partial charge on any atom is -0.496 e. The Labute approximate surface area is 108 Å². The lowest BCUT2D eigenvalue weighted by Gasteiger charge is -2.12. The molecule has 1 atom stereocenters. The zero-order valence-electron chi connectivity index (χ0n) is 9.77. The number of thiophene rings is 1. The lowest BCUT2D eigenvalue weighted by Crippen LogP contribution is -2.29. The van der Waals surface area contributed by atoms with Gasteiger partial charge in [0.1, 0.15) is 5.75 Å². The largest absolute Gasteiger partial charge is 0.496 e. The summed E-state index contributed by atoms with van der Waals surface area (Å²) in [5.41, 5.74) is 3.91. The van der Waals surface area contributed by atoms with Crippen molar-refractivity contribution in [2.75, 3.05) is 7.11 Å². The predicted molar refractivity (Wildman–Crippen MR) is 71.5 cm³/mol. The van der Waals surface area contributed by atoms with Crippen LogP contribution in [0.2, 0.25) is 0 Å². The average Bonchev–Trinajstić information content (AvgIpc) is 2.94. The predicted octanol–water partition coefficient (Wildman–Crippen LogP) is 2.27. The molecule has 2 heterocycles. The molecule has 0 bridgehead atoms. The van der Waals surface area contributed by atoms with Gasteiger partial charge in [-0.05, 0) is 13.0 Å². The van der Waals surface area contributed by atoms with Gasteiger partial charge in [-0.3, -0.25) is 11.3 Å². The molecule has 0 aromatic carbocycles. The zero-order valence-corrected chi connectivity index (χ0v) is 11.4. The summed E-state index contributed by atoms with van der Waals surface area (Å²) >= 11 is 3.30. The van der Waals surface area contributed by atoms with Crippen molar-refractivity contribution in [2.45, 2.75) is 19.4 Å². The highest BCUT2D eigenvalue weighted by Crippen LogP contribution is 2.28. The summed E-state index contributed by atoms with van der Waals surface area (Å²) in [7, 11) is 1.67. The van der Waals surface area contributed by atoms with E-state index >= 15 is 0 Å². The normalized spacial score (nSPS) is 12.6. The lowest BCUT2D eigenvalue weighted by atomic mass is 10.1. The van der Waals surface area contributed by atoms with E-state index in [0.29, 0.717) is 0 Å². The Hall–Kier alpha value is -0.950. The third-order valence-electron chi connectivity index (χ3n) is 2.46. The molecule has 0 spiro atoms. The first-order valence-electron chi connectivity index (χ1n) is 5.22. The summed E-state index contributed by atoms with van der Waals surface area (Å²) in [4.78, 5) is 5.61. The summed E-state index contributed by atoms with van der Waals surface area (Å²) in [5.74, 6) is 6.48. The number of aromatic nitrogens is 1. The van der Waals surface area contributed by atoms with Gasteiger partial charge in [-0.15, -0.1) is 22.7 Å². The lowest BCUT2D eigenvalue weighted by molar-refractivity contribution is 0.415. The van der Waals surface area contributed by atoms with Crippen molar-refractivity contribution in [3.05, 3.63) is 32.4 Å². The number of hydrogen-bond acceptors (Lipinski definition) is 6. The average molecular weight is 269 g/mol. The summed E-state index contributed by atoms with van der Waals surface area (Å²) in [6.45, 7) is 2.01. The second-order valence-electron chi connectivity index (χ2n) is 3.67. The van der Waals surface area contributed by atoms with Gasteiger partial charge in [0.25, 0.3) is 0 Å². The Balaban J connectivity index is 2.10. The first-order valence-corrected chi connectivity index (χ1v) is 6.98. The zero-order chi connectivity index (χ0) is 12.3. The summed E-state index contributed by atoms with van der Waals surface area (Å²) < 4.78 is 5.17. The Bertz CT molecular complexity index is 481. The molecule has 0 fully saturated rings. The maximum absolute atomic E-state index is 5.60. The number of ether oxygens (including phenoxy) is 1. The number of methoxy groups -OCH3 is 1. The van der Waals surface area contributed by atoms with Crippen molar-refractivity contribution in [1.29, 1.82) is 0 Å². The van der Waals surface area contributed by atoms with E-state index in [2.05, 4.69) is 15.8 Å². The molecule has 0 aliphatic carbocycles. The molecule has 0 amide bonds. The van der Waals surface area contributed by atoms with Crippen LogP contribution < -0.4 is 16.0 Å². The maximum Gasteiger partial charge on any atom is 0.129 e. The van der Waals surface area contributed by atoms with Crippen LogP contribution in [-0.4, -0.2) is 12.1 Å². The highest BCUT2D eigenvalue weighted by atomic mass is 32.1. The van der Waals surface area contributed by atoms with Crippen LogP contribution >= 0.6 is 22.7 Å². The van der Waals surface area contributed by atoms with Crippen molar-refractivity contribution in [3.63, 3.8) is 0 Å². The number of rotatable bonds is 5. The molecule has 2 aromatic heterocycles. The first kappa shape index (κ1) is 12.5. The van der Waals surface area contributed by atoms with Gasteiger partial charge in [0.15, 0.2) is 0 Å². The van der Waals surface area contributed by atoms with Crippen LogP contribution in [0.3, 0.4) is 0 Å². The van der Waals surface area contributed by atoms with Crippen molar-refractivity contribution in [3.8, 4) is 5.75 Å². The molecule has 6 heteroatoms. The van der Waals surface area contributed by atoms with Crippen molar-refractivity contribution in [2.24, 2.45) is 5.84 Å². The molecule has 17 heavy (non-hydrogen) atoms. The van der Waals surface area contributed by atoms with Gasteiger partial charge in [0, 0.05) is 22.1 Å². The Morgan fingerprint density at radius 2 is 2.29 bits per heavy atom. The number of thiazole rings is 1. The minimum absolute atomic E-state index is 0.0883. The van der Waals surface area contributed by atoms with E-state index in [1.54, 1.807) is 29.8 Å². The van der Waals surface area contributed by atoms with Crippen LogP contribution in [0.1, 0.15) is 21.6 Å². The number of nitrogens with two attached hydrogens (primary N) is 1. The monoisotopic (exact) mass is 269 g/mol. The molecular formula is C11H15N3OS2. The van der Waals surface area contributed by atoms with E-state index < -0.39 is 0 Å². The first-order chi connectivity index (χ1) is 8.22. The number of aryl methyl sites for hydroxylation is 1. The summed E-state index contributed by atoms with van der Waals surface area (Å²) in [5, 5.41) is 5.13. The van der Waals surface area contributed by atoms with Crippen LogP contribution in [-0.2, 0) is 6.42 Å². The highest BCUT2D eigenvalue weighted by Gasteiger charge is 2.14. The fourth-order valence-electron chi connectivity index (χ4n) is 1.58. The van der Waals surface area contributed by atoms with Gasteiger partial charge in [-0.1, -0.05) is 0 Å². The van der Waals surface area contributed by atoms with E-state index in [9.17, 15) is 0 Å². The molecule has 0 saturated heterocycles. The highest BCUT2D eigenvalue weighted by molar-refractivity contribution is 7.10. The number of nitrogens with one attached hydrogen (secondary N) is 1. The van der Waals surface area contributed by atoms with E-state index in [1.807, 2.05) is 18.4 Å². The number of hydrogen-bond donors (Lipinski definition) is 2. The molecule has 0 radical (unpaired) electrons. The van der Waals surface area contributed by atoms with Gasteiger partial charge in [-0.25, -0.2) is 4.98 Å².